The summed E-state index contributed by atoms with van der Waals surface area (Å²) < 4.78 is 0. The fourth-order valence-electron chi connectivity index (χ4n) is 3.77. The van der Waals surface area contributed by atoms with Crippen molar-refractivity contribution in [1.82, 2.24) is 9.88 Å². The number of hydrogen-bond donors (Lipinski definition) is 1. The maximum Gasteiger partial charge on any atom is 0.0423 e. The predicted octanol–water partition coefficient (Wildman–Crippen LogP) is 5.03. The Morgan fingerprint density at radius 2 is 2.04 bits per heavy atom. The Balaban J connectivity index is 1.43. The Kier molecular flexibility index (Phi) is 5.42. The summed E-state index contributed by atoms with van der Waals surface area (Å²) >= 11 is 1.80. The molecule has 1 aliphatic heterocycles. The van der Waals surface area contributed by atoms with E-state index in [1.807, 2.05) is 12.4 Å². The van der Waals surface area contributed by atoms with Gasteiger partial charge in [-0.1, -0.05) is 24.3 Å². The summed E-state index contributed by atoms with van der Waals surface area (Å²) in [6.45, 7) is 3.31. The van der Waals surface area contributed by atoms with Gasteiger partial charge in [0.15, 0.2) is 0 Å². The Labute approximate surface area is 159 Å². The molecule has 4 heteroatoms. The maximum absolute atomic E-state index is 4.23. The van der Waals surface area contributed by atoms with E-state index in [1.54, 1.807) is 11.8 Å². The van der Waals surface area contributed by atoms with Gasteiger partial charge in [-0.15, -0.1) is 11.8 Å². The van der Waals surface area contributed by atoms with E-state index >= 15 is 0 Å². The lowest BCUT2D eigenvalue weighted by atomic mass is 10.0. The molecule has 26 heavy (non-hydrogen) atoms. The second-order valence-corrected chi connectivity index (χ2v) is 7.85. The minimum Gasteiger partial charge on any atom is -0.381 e. The number of likely N-dealkylation sites (tertiary alicyclic amines) is 1. The molecule has 1 aliphatic rings. The third kappa shape index (κ3) is 4.02. The summed E-state index contributed by atoms with van der Waals surface area (Å²) in [5.41, 5.74) is 2.63. The first-order chi connectivity index (χ1) is 12.8. The van der Waals surface area contributed by atoms with E-state index in [0.717, 1.165) is 13.1 Å². The van der Waals surface area contributed by atoms with Crippen molar-refractivity contribution in [3.8, 4) is 0 Å². The summed E-state index contributed by atoms with van der Waals surface area (Å²) in [4.78, 5) is 8.14. The average Bonchev–Trinajstić information content (AvgIpc) is 2.69. The zero-order valence-electron chi connectivity index (χ0n) is 15.2. The van der Waals surface area contributed by atoms with Crippen LogP contribution in [0, 0.1) is 0 Å². The highest BCUT2D eigenvalue weighted by molar-refractivity contribution is 7.98. The zero-order chi connectivity index (χ0) is 17.8. The zero-order valence-corrected chi connectivity index (χ0v) is 16.0. The normalized spacial score (nSPS) is 18.1. The molecule has 0 bridgehead atoms. The van der Waals surface area contributed by atoms with Gasteiger partial charge in [0.1, 0.15) is 0 Å². The van der Waals surface area contributed by atoms with Crippen molar-refractivity contribution >= 4 is 28.2 Å². The number of pyridine rings is 1. The van der Waals surface area contributed by atoms with Crippen molar-refractivity contribution in [1.29, 1.82) is 0 Å². The third-order valence-corrected chi connectivity index (χ3v) is 5.85. The van der Waals surface area contributed by atoms with E-state index in [2.05, 4.69) is 70.0 Å². The largest absolute Gasteiger partial charge is 0.381 e. The van der Waals surface area contributed by atoms with Crippen molar-refractivity contribution in [3.63, 3.8) is 0 Å². The molecule has 1 aromatic heterocycles. The predicted molar refractivity (Wildman–Crippen MR) is 112 cm³/mol. The summed E-state index contributed by atoms with van der Waals surface area (Å²) in [5.74, 6) is 0. The SMILES string of the molecule is CSc1ccc(CN2CCCC(Nc3cccc4cnccc34)C2)cc1. The van der Waals surface area contributed by atoms with Crippen LogP contribution in [0.3, 0.4) is 0 Å². The van der Waals surface area contributed by atoms with Gasteiger partial charge in [-0.05, 0) is 55.5 Å². The fourth-order valence-corrected chi connectivity index (χ4v) is 4.18. The molecule has 2 aromatic carbocycles. The number of fused-ring (bicyclic) bond motifs is 1. The molecule has 0 amide bonds. The summed E-state index contributed by atoms with van der Waals surface area (Å²) in [6, 6.07) is 18.0. The van der Waals surface area contributed by atoms with E-state index in [0.29, 0.717) is 6.04 Å². The lowest BCUT2D eigenvalue weighted by molar-refractivity contribution is 0.208. The molecule has 0 saturated carbocycles. The average molecular weight is 364 g/mol. The van der Waals surface area contributed by atoms with Crippen LogP contribution in [0.4, 0.5) is 5.69 Å². The van der Waals surface area contributed by atoms with Crippen LogP contribution in [-0.4, -0.2) is 35.3 Å². The van der Waals surface area contributed by atoms with Gasteiger partial charge in [0, 0.05) is 52.9 Å². The van der Waals surface area contributed by atoms with Crippen LogP contribution in [0.5, 0.6) is 0 Å². The molecule has 0 aliphatic carbocycles. The molecule has 3 aromatic rings. The maximum atomic E-state index is 4.23. The number of piperidine rings is 1. The molecule has 1 unspecified atom stereocenters. The van der Waals surface area contributed by atoms with E-state index in [1.165, 1.54) is 46.3 Å². The molecule has 3 nitrogen and oxygen atoms in total. The van der Waals surface area contributed by atoms with Gasteiger partial charge in [0.05, 0.1) is 0 Å². The molecule has 4 rings (SSSR count). The standard InChI is InChI=1S/C22H25N3S/c1-26-20-9-7-17(8-10-20)15-25-13-3-5-19(16-25)24-22-6-2-4-18-14-23-12-11-21(18)22/h2,4,6-12,14,19,24H,3,5,13,15-16H2,1H3. The van der Waals surface area contributed by atoms with Crippen molar-refractivity contribution in [3.05, 3.63) is 66.5 Å². The molecule has 1 N–H and O–H groups in total. The van der Waals surface area contributed by atoms with E-state index in [4.69, 9.17) is 0 Å². The first-order valence-electron chi connectivity index (χ1n) is 9.26. The van der Waals surface area contributed by atoms with Gasteiger partial charge in [-0.2, -0.15) is 0 Å². The van der Waals surface area contributed by atoms with Gasteiger partial charge in [0.2, 0.25) is 0 Å². The molecular weight excluding hydrogens is 338 g/mol. The number of hydrogen-bond acceptors (Lipinski definition) is 4. The number of nitrogens with zero attached hydrogens (tertiary/aromatic N) is 2. The van der Waals surface area contributed by atoms with E-state index in [9.17, 15) is 0 Å². The fraction of sp³-hybridized carbons (Fsp3) is 0.318. The highest BCUT2D eigenvalue weighted by Crippen LogP contribution is 2.25. The van der Waals surface area contributed by atoms with Crippen LogP contribution < -0.4 is 5.32 Å². The topological polar surface area (TPSA) is 28.2 Å². The summed E-state index contributed by atoms with van der Waals surface area (Å²) in [6.07, 6.45) is 8.40. The third-order valence-electron chi connectivity index (χ3n) is 5.11. The van der Waals surface area contributed by atoms with E-state index < -0.39 is 0 Å². The lowest BCUT2D eigenvalue weighted by Crippen LogP contribution is -2.41. The molecule has 1 saturated heterocycles. The van der Waals surface area contributed by atoms with Gasteiger partial charge in [-0.25, -0.2) is 0 Å². The molecule has 2 heterocycles. The molecule has 0 radical (unpaired) electrons. The second-order valence-electron chi connectivity index (χ2n) is 6.97. The first kappa shape index (κ1) is 17.4. The highest BCUT2D eigenvalue weighted by Gasteiger charge is 2.20. The summed E-state index contributed by atoms with van der Waals surface area (Å²) in [7, 11) is 0. The summed E-state index contributed by atoms with van der Waals surface area (Å²) in [5, 5.41) is 6.24. The smallest absolute Gasteiger partial charge is 0.0423 e. The Hall–Kier alpha value is -2.04. The van der Waals surface area contributed by atoms with Crippen LogP contribution in [-0.2, 0) is 6.54 Å². The lowest BCUT2D eigenvalue weighted by Gasteiger charge is -2.34. The quantitative estimate of drug-likeness (QED) is 0.643. The van der Waals surface area contributed by atoms with Crippen LogP contribution >= 0.6 is 11.8 Å². The van der Waals surface area contributed by atoms with Crippen LogP contribution in [0.25, 0.3) is 10.8 Å². The molecule has 0 spiro atoms. The highest BCUT2D eigenvalue weighted by atomic mass is 32.2. The molecular formula is C22H25N3S. The van der Waals surface area contributed by atoms with Gasteiger partial charge in [-0.3, -0.25) is 9.88 Å². The molecule has 134 valence electrons. The van der Waals surface area contributed by atoms with Gasteiger partial charge >= 0.3 is 0 Å². The number of aromatic nitrogens is 1. The van der Waals surface area contributed by atoms with E-state index in [-0.39, 0.29) is 0 Å². The minimum atomic E-state index is 0.494. The van der Waals surface area contributed by atoms with Crippen molar-refractivity contribution in [2.75, 3.05) is 24.7 Å². The number of anilines is 1. The van der Waals surface area contributed by atoms with Crippen molar-refractivity contribution in [2.24, 2.45) is 0 Å². The van der Waals surface area contributed by atoms with Crippen LogP contribution in [0.2, 0.25) is 0 Å². The van der Waals surface area contributed by atoms with Gasteiger partial charge < -0.3 is 5.32 Å². The number of benzene rings is 2. The Bertz CT molecular complexity index is 857. The first-order valence-corrected chi connectivity index (χ1v) is 10.5. The number of thioether (sulfide) groups is 1. The Morgan fingerprint density at radius 3 is 2.88 bits per heavy atom. The van der Waals surface area contributed by atoms with Crippen LogP contribution in [0.15, 0.2) is 65.8 Å². The Morgan fingerprint density at radius 1 is 1.15 bits per heavy atom. The minimum absolute atomic E-state index is 0.494. The molecule has 1 fully saturated rings. The number of rotatable bonds is 5. The number of nitrogens with one attached hydrogen (secondary N) is 1. The van der Waals surface area contributed by atoms with Crippen molar-refractivity contribution in [2.45, 2.75) is 30.3 Å². The van der Waals surface area contributed by atoms with Crippen molar-refractivity contribution < 1.29 is 0 Å². The van der Waals surface area contributed by atoms with Gasteiger partial charge in [0.25, 0.3) is 0 Å². The second kappa shape index (κ2) is 8.11. The van der Waals surface area contributed by atoms with Crippen LogP contribution in [0.1, 0.15) is 18.4 Å². The molecule has 1 atom stereocenters. The monoisotopic (exact) mass is 363 g/mol.